The van der Waals surface area contributed by atoms with Gasteiger partial charge in [-0.25, -0.2) is 4.90 Å². The molecule has 3 nitrogen and oxygen atoms in total. The molecule has 19 heavy (non-hydrogen) atoms. The highest BCUT2D eigenvalue weighted by Crippen LogP contribution is 2.34. The monoisotopic (exact) mass is 279 g/mol. The highest BCUT2D eigenvalue weighted by Gasteiger charge is 2.39. The van der Waals surface area contributed by atoms with Crippen molar-refractivity contribution in [2.24, 2.45) is 11.8 Å². The lowest BCUT2D eigenvalue weighted by atomic mass is 9.86. The molecule has 0 spiro atoms. The second-order valence-corrected chi connectivity index (χ2v) is 5.49. The van der Waals surface area contributed by atoms with Crippen LogP contribution in [-0.2, 0) is 9.59 Å². The van der Waals surface area contributed by atoms with Crippen molar-refractivity contribution in [3.8, 4) is 0 Å². The van der Waals surface area contributed by atoms with Crippen molar-refractivity contribution in [3.05, 3.63) is 29.3 Å². The lowest BCUT2D eigenvalue weighted by molar-refractivity contribution is -0.135. The van der Waals surface area contributed by atoms with Crippen molar-refractivity contribution >= 4 is 29.1 Å². The zero-order chi connectivity index (χ0) is 14.0. The fraction of sp³-hybridized carbons (Fsp3) is 0.467. The van der Waals surface area contributed by atoms with E-state index in [4.69, 9.17) is 11.6 Å². The van der Waals surface area contributed by atoms with E-state index in [9.17, 15) is 9.59 Å². The first-order valence-electron chi connectivity index (χ1n) is 6.68. The van der Waals surface area contributed by atoms with Gasteiger partial charge in [0.15, 0.2) is 0 Å². The van der Waals surface area contributed by atoms with Crippen LogP contribution in [0.3, 0.4) is 0 Å². The van der Waals surface area contributed by atoms with Gasteiger partial charge in [-0.3, -0.25) is 9.59 Å². The molecule has 2 atom stereocenters. The molecule has 1 aromatic carbocycles. The fourth-order valence-electron chi connectivity index (χ4n) is 2.60. The summed E-state index contributed by atoms with van der Waals surface area (Å²) in [5.41, 5.74) is 0.506. The number of para-hydroxylation sites is 1. The number of amides is 2. The zero-order valence-corrected chi connectivity index (χ0v) is 12.0. The van der Waals surface area contributed by atoms with Crippen LogP contribution in [0.15, 0.2) is 24.3 Å². The highest BCUT2D eigenvalue weighted by atomic mass is 35.5. The van der Waals surface area contributed by atoms with Crippen LogP contribution < -0.4 is 4.90 Å². The van der Waals surface area contributed by atoms with E-state index in [1.54, 1.807) is 24.3 Å². The van der Waals surface area contributed by atoms with Crippen LogP contribution in [0.25, 0.3) is 0 Å². The van der Waals surface area contributed by atoms with Gasteiger partial charge in [0.05, 0.1) is 10.7 Å². The van der Waals surface area contributed by atoms with Gasteiger partial charge in [-0.1, -0.05) is 44.0 Å². The van der Waals surface area contributed by atoms with Crippen molar-refractivity contribution in [2.45, 2.75) is 33.1 Å². The summed E-state index contributed by atoms with van der Waals surface area (Å²) in [5.74, 6) is -0.469. The van der Waals surface area contributed by atoms with Crippen molar-refractivity contribution in [1.82, 2.24) is 0 Å². The fourth-order valence-corrected chi connectivity index (χ4v) is 2.82. The van der Waals surface area contributed by atoms with Gasteiger partial charge in [0.1, 0.15) is 0 Å². The minimum absolute atomic E-state index is 0.0750. The van der Waals surface area contributed by atoms with Crippen molar-refractivity contribution < 1.29 is 9.59 Å². The third kappa shape index (κ3) is 2.66. The topological polar surface area (TPSA) is 37.4 Å². The maximum absolute atomic E-state index is 12.5. The number of hydrogen-bond acceptors (Lipinski definition) is 2. The molecule has 2 rings (SSSR count). The maximum atomic E-state index is 12.5. The molecular weight excluding hydrogens is 262 g/mol. The average Bonchev–Trinajstić information content (AvgIpc) is 2.38. The van der Waals surface area contributed by atoms with E-state index in [0.717, 1.165) is 12.8 Å². The largest absolute Gasteiger partial charge is 0.274 e. The summed E-state index contributed by atoms with van der Waals surface area (Å²) in [7, 11) is 0. The number of benzene rings is 1. The molecule has 102 valence electrons. The lowest BCUT2D eigenvalue weighted by Crippen LogP contribution is -2.49. The molecule has 0 aromatic heterocycles. The molecule has 2 amide bonds. The number of imide groups is 1. The number of piperidine rings is 1. The maximum Gasteiger partial charge on any atom is 0.236 e. The number of rotatable bonds is 3. The van der Waals surface area contributed by atoms with Gasteiger partial charge in [0.25, 0.3) is 0 Å². The van der Waals surface area contributed by atoms with Crippen LogP contribution in [0, 0.1) is 11.8 Å². The summed E-state index contributed by atoms with van der Waals surface area (Å²) in [4.78, 5) is 26.0. The van der Waals surface area contributed by atoms with Gasteiger partial charge in [-0.2, -0.15) is 0 Å². The Kier molecular flexibility index (Phi) is 4.25. The van der Waals surface area contributed by atoms with Crippen molar-refractivity contribution in [3.63, 3.8) is 0 Å². The second-order valence-electron chi connectivity index (χ2n) is 5.09. The summed E-state index contributed by atoms with van der Waals surface area (Å²) in [6.45, 7) is 3.93. The average molecular weight is 280 g/mol. The van der Waals surface area contributed by atoms with Crippen molar-refractivity contribution in [2.75, 3.05) is 4.90 Å². The number of carbonyl (C=O) groups excluding carboxylic acids is 2. The van der Waals surface area contributed by atoms with Crippen LogP contribution >= 0.6 is 11.6 Å². The SMILES string of the molecule is CCCC1CC(C)C(=O)N(c2ccccc2Cl)C1=O. The second kappa shape index (κ2) is 5.74. The number of nitrogens with zero attached hydrogens (tertiary/aromatic N) is 1. The molecule has 0 saturated carbocycles. The predicted molar refractivity (Wildman–Crippen MR) is 76.1 cm³/mol. The molecular formula is C15H18ClNO2. The summed E-state index contributed by atoms with van der Waals surface area (Å²) in [5, 5.41) is 0.438. The highest BCUT2D eigenvalue weighted by molar-refractivity contribution is 6.35. The minimum atomic E-state index is -0.148. The van der Waals surface area contributed by atoms with E-state index in [-0.39, 0.29) is 23.7 Å². The Morgan fingerprint density at radius 1 is 1.26 bits per heavy atom. The Labute approximate surface area is 118 Å². The molecule has 1 aromatic rings. The summed E-state index contributed by atoms with van der Waals surface area (Å²) >= 11 is 6.11. The third-order valence-electron chi connectivity index (χ3n) is 3.58. The first kappa shape index (κ1) is 14.1. The van der Waals surface area contributed by atoms with Crippen LogP contribution in [-0.4, -0.2) is 11.8 Å². The Morgan fingerprint density at radius 2 is 1.95 bits per heavy atom. The molecule has 0 N–H and O–H groups in total. The van der Waals surface area contributed by atoms with Gasteiger partial charge in [-0.15, -0.1) is 0 Å². The van der Waals surface area contributed by atoms with E-state index < -0.39 is 0 Å². The molecule has 1 aliphatic heterocycles. The Bertz CT molecular complexity index is 501. The van der Waals surface area contributed by atoms with Gasteiger partial charge in [-0.05, 0) is 25.0 Å². The molecule has 2 unspecified atom stereocenters. The summed E-state index contributed by atoms with van der Waals surface area (Å²) in [6.07, 6.45) is 2.40. The standard InChI is InChI=1S/C15H18ClNO2/c1-3-6-11-9-10(2)14(18)17(15(11)19)13-8-5-4-7-12(13)16/h4-5,7-8,10-11H,3,6,9H2,1-2H3. The molecule has 1 aliphatic rings. The quantitative estimate of drug-likeness (QED) is 0.792. The molecule has 1 saturated heterocycles. The summed E-state index contributed by atoms with van der Waals surface area (Å²) < 4.78 is 0. The number of halogens is 1. The molecule has 4 heteroatoms. The van der Waals surface area contributed by atoms with Gasteiger partial charge in [0.2, 0.25) is 11.8 Å². The van der Waals surface area contributed by atoms with Gasteiger partial charge in [0, 0.05) is 11.8 Å². The van der Waals surface area contributed by atoms with E-state index in [1.165, 1.54) is 4.90 Å². The van der Waals surface area contributed by atoms with E-state index >= 15 is 0 Å². The van der Waals surface area contributed by atoms with E-state index in [2.05, 4.69) is 0 Å². The number of hydrogen-bond donors (Lipinski definition) is 0. The zero-order valence-electron chi connectivity index (χ0n) is 11.2. The normalized spacial score (nSPS) is 23.8. The minimum Gasteiger partial charge on any atom is -0.274 e. The van der Waals surface area contributed by atoms with Crippen LogP contribution in [0.4, 0.5) is 5.69 Å². The first-order valence-corrected chi connectivity index (χ1v) is 7.06. The van der Waals surface area contributed by atoms with Crippen molar-refractivity contribution in [1.29, 1.82) is 0 Å². The molecule has 0 radical (unpaired) electrons. The van der Waals surface area contributed by atoms with E-state index in [1.807, 2.05) is 13.8 Å². The Hall–Kier alpha value is -1.35. The number of anilines is 1. The van der Waals surface area contributed by atoms with Crippen LogP contribution in [0.5, 0.6) is 0 Å². The van der Waals surface area contributed by atoms with Gasteiger partial charge >= 0.3 is 0 Å². The summed E-state index contributed by atoms with van der Waals surface area (Å²) in [6, 6.07) is 7.00. The Morgan fingerprint density at radius 3 is 2.58 bits per heavy atom. The Balaban J connectivity index is 2.38. The number of carbonyl (C=O) groups is 2. The smallest absolute Gasteiger partial charge is 0.236 e. The third-order valence-corrected chi connectivity index (χ3v) is 3.90. The molecule has 0 bridgehead atoms. The molecule has 1 heterocycles. The van der Waals surface area contributed by atoms with Gasteiger partial charge < -0.3 is 0 Å². The lowest BCUT2D eigenvalue weighted by Gasteiger charge is -2.34. The molecule has 0 aliphatic carbocycles. The van der Waals surface area contributed by atoms with E-state index in [0.29, 0.717) is 17.1 Å². The first-order chi connectivity index (χ1) is 9.06. The molecule has 1 fully saturated rings. The van der Waals surface area contributed by atoms with Crippen LogP contribution in [0.1, 0.15) is 33.1 Å². The predicted octanol–water partition coefficient (Wildman–Crippen LogP) is 3.66. The van der Waals surface area contributed by atoms with Crippen LogP contribution in [0.2, 0.25) is 5.02 Å².